The van der Waals surface area contributed by atoms with Crippen LogP contribution in [0.1, 0.15) is 49.7 Å². The van der Waals surface area contributed by atoms with Crippen LogP contribution in [0.4, 0.5) is 10.1 Å². The maximum absolute atomic E-state index is 13.9. The van der Waals surface area contributed by atoms with Gasteiger partial charge in [-0.3, -0.25) is 14.4 Å². The molecule has 3 amide bonds. The van der Waals surface area contributed by atoms with Crippen LogP contribution in [-0.4, -0.2) is 46.7 Å². The van der Waals surface area contributed by atoms with Gasteiger partial charge in [0.2, 0.25) is 12.3 Å². The Kier molecular flexibility index (Phi) is 9.61. The second-order valence-corrected chi connectivity index (χ2v) is 10.1. The van der Waals surface area contributed by atoms with Gasteiger partial charge in [0.05, 0.1) is 6.07 Å². The zero-order valence-electron chi connectivity index (χ0n) is 22.1. The number of amides is 3. The zero-order valence-corrected chi connectivity index (χ0v) is 22.1. The number of nitrogens with zero attached hydrogens (tertiary/aromatic N) is 2. The van der Waals surface area contributed by atoms with Crippen molar-refractivity contribution in [2.45, 2.75) is 52.6 Å². The number of hydrogen-bond donors (Lipinski definition) is 3. The normalized spacial score (nSPS) is 17.3. The van der Waals surface area contributed by atoms with Crippen molar-refractivity contribution >= 4 is 34.8 Å². The van der Waals surface area contributed by atoms with Crippen LogP contribution >= 0.6 is 0 Å². The molecule has 3 atom stereocenters. The lowest BCUT2D eigenvalue weighted by Crippen LogP contribution is -2.50. The number of likely N-dealkylation sites (tertiary alicyclic amines) is 1. The van der Waals surface area contributed by atoms with E-state index in [4.69, 9.17) is 0 Å². The summed E-state index contributed by atoms with van der Waals surface area (Å²) >= 11 is 0. The van der Waals surface area contributed by atoms with E-state index < -0.39 is 23.8 Å². The minimum atomic E-state index is -0.732. The van der Waals surface area contributed by atoms with E-state index in [0.717, 1.165) is 11.3 Å². The average Bonchev–Trinajstić information content (AvgIpc) is 3.49. The van der Waals surface area contributed by atoms with Gasteiger partial charge in [0.25, 0.3) is 5.91 Å². The zero-order chi connectivity index (χ0) is 27.8. The number of para-hydroxylation sites is 1. The van der Waals surface area contributed by atoms with E-state index in [9.17, 15) is 24.0 Å². The van der Waals surface area contributed by atoms with Crippen molar-refractivity contribution in [2.24, 2.45) is 11.8 Å². The van der Waals surface area contributed by atoms with Crippen LogP contribution in [0.2, 0.25) is 0 Å². The number of H-pyrrole nitrogens is 1. The SMILES string of the molecule is CC(C)CC(NC(=O)c1cc2c(F)cccc2[nH]1)C(=O)N1CC(C)CC1C#N.Cc1ccccc1NC=O. The minimum Gasteiger partial charge on any atom is -0.350 e. The summed E-state index contributed by atoms with van der Waals surface area (Å²) in [4.78, 5) is 40.3. The van der Waals surface area contributed by atoms with Crippen LogP contribution in [0.25, 0.3) is 10.9 Å². The molecule has 0 bridgehead atoms. The Morgan fingerprint density at radius 3 is 2.61 bits per heavy atom. The van der Waals surface area contributed by atoms with Crippen molar-refractivity contribution in [3.8, 4) is 6.07 Å². The van der Waals surface area contributed by atoms with Gasteiger partial charge in [0.1, 0.15) is 23.6 Å². The lowest BCUT2D eigenvalue weighted by atomic mass is 10.0. The maximum atomic E-state index is 13.9. The number of aromatic amines is 1. The molecule has 1 aliphatic heterocycles. The summed E-state index contributed by atoms with van der Waals surface area (Å²) in [6, 6.07) is 14.7. The molecule has 200 valence electrons. The Bertz CT molecular complexity index is 1330. The highest BCUT2D eigenvalue weighted by atomic mass is 19.1. The maximum Gasteiger partial charge on any atom is 0.268 e. The highest BCUT2D eigenvalue weighted by Crippen LogP contribution is 2.24. The first kappa shape index (κ1) is 28.4. The van der Waals surface area contributed by atoms with Crippen molar-refractivity contribution in [1.29, 1.82) is 5.26 Å². The Labute approximate surface area is 222 Å². The number of anilines is 1. The average molecular weight is 520 g/mol. The van der Waals surface area contributed by atoms with E-state index in [1.165, 1.54) is 12.1 Å². The highest BCUT2D eigenvalue weighted by Gasteiger charge is 2.37. The molecule has 4 rings (SSSR count). The van der Waals surface area contributed by atoms with Gasteiger partial charge in [-0.1, -0.05) is 45.0 Å². The number of nitriles is 1. The van der Waals surface area contributed by atoms with Gasteiger partial charge in [0.15, 0.2) is 0 Å². The number of hydrogen-bond acceptors (Lipinski definition) is 4. The van der Waals surface area contributed by atoms with Crippen LogP contribution in [0.15, 0.2) is 48.5 Å². The third-order valence-corrected chi connectivity index (χ3v) is 6.47. The molecule has 3 N–H and O–H groups in total. The van der Waals surface area contributed by atoms with E-state index in [-0.39, 0.29) is 23.4 Å². The molecule has 8 nitrogen and oxygen atoms in total. The number of carbonyl (C=O) groups is 3. The standard InChI is InChI=1S/C21H25FN4O2.C8H9NO/c1-12(2)7-19(21(28)26-11-13(3)8-14(26)10-23)25-20(27)18-9-15-16(22)5-4-6-17(15)24-18;1-7-4-2-3-5-8(7)9-6-10/h4-6,9,12-14,19,24H,7-8,11H2,1-3H3,(H,25,27);2-6H,1H3,(H,9,10). The third-order valence-electron chi connectivity index (χ3n) is 6.47. The molecule has 1 fully saturated rings. The first-order chi connectivity index (χ1) is 18.1. The third kappa shape index (κ3) is 6.97. The molecule has 3 unspecified atom stereocenters. The summed E-state index contributed by atoms with van der Waals surface area (Å²) in [7, 11) is 0. The summed E-state index contributed by atoms with van der Waals surface area (Å²) in [5, 5.41) is 15.1. The smallest absolute Gasteiger partial charge is 0.268 e. The first-order valence-corrected chi connectivity index (χ1v) is 12.7. The number of benzene rings is 2. The fraction of sp³-hybridized carbons (Fsp3) is 0.379. The number of fused-ring (bicyclic) bond motifs is 1. The molecule has 0 aliphatic carbocycles. The summed E-state index contributed by atoms with van der Waals surface area (Å²) in [5.74, 6) is -0.684. The van der Waals surface area contributed by atoms with E-state index in [1.54, 1.807) is 17.0 Å². The molecule has 1 saturated heterocycles. The van der Waals surface area contributed by atoms with Gasteiger partial charge in [-0.2, -0.15) is 5.26 Å². The molecule has 9 heteroatoms. The van der Waals surface area contributed by atoms with E-state index in [2.05, 4.69) is 21.7 Å². The molecule has 0 saturated carbocycles. The van der Waals surface area contributed by atoms with Crippen molar-refractivity contribution in [1.82, 2.24) is 15.2 Å². The van der Waals surface area contributed by atoms with Crippen LogP contribution in [-0.2, 0) is 9.59 Å². The molecular weight excluding hydrogens is 485 g/mol. The summed E-state index contributed by atoms with van der Waals surface area (Å²) in [5.41, 5.74) is 2.68. The second-order valence-electron chi connectivity index (χ2n) is 10.1. The van der Waals surface area contributed by atoms with Gasteiger partial charge >= 0.3 is 0 Å². The van der Waals surface area contributed by atoms with E-state index in [1.807, 2.05) is 52.0 Å². The Morgan fingerprint density at radius 2 is 1.97 bits per heavy atom. The Morgan fingerprint density at radius 1 is 1.24 bits per heavy atom. The fourth-order valence-corrected chi connectivity index (χ4v) is 4.58. The van der Waals surface area contributed by atoms with Gasteiger partial charge in [-0.25, -0.2) is 4.39 Å². The molecule has 0 radical (unpaired) electrons. The molecule has 2 aromatic carbocycles. The number of halogens is 1. The highest BCUT2D eigenvalue weighted by molar-refractivity contribution is 6.00. The lowest BCUT2D eigenvalue weighted by molar-refractivity contribution is -0.133. The van der Waals surface area contributed by atoms with E-state index >= 15 is 0 Å². The molecule has 0 spiro atoms. The van der Waals surface area contributed by atoms with Crippen LogP contribution in [0.5, 0.6) is 0 Å². The predicted octanol–water partition coefficient (Wildman–Crippen LogP) is 4.78. The van der Waals surface area contributed by atoms with Crippen LogP contribution in [0, 0.1) is 35.9 Å². The summed E-state index contributed by atoms with van der Waals surface area (Å²) in [6.07, 6.45) is 1.79. The van der Waals surface area contributed by atoms with Gasteiger partial charge < -0.3 is 20.5 Å². The molecule has 38 heavy (non-hydrogen) atoms. The quantitative estimate of drug-likeness (QED) is 0.390. The van der Waals surface area contributed by atoms with Crippen molar-refractivity contribution in [2.75, 3.05) is 11.9 Å². The number of nitrogens with one attached hydrogen (secondary N) is 3. The van der Waals surface area contributed by atoms with Crippen molar-refractivity contribution < 1.29 is 18.8 Å². The number of rotatable bonds is 7. The van der Waals surface area contributed by atoms with Crippen molar-refractivity contribution in [3.05, 3.63) is 65.6 Å². The number of aryl methyl sites for hydroxylation is 1. The second kappa shape index (κ2) is 12.9. The first-order valence-electron chi connectivity index (χ1n) is 12.7. The van der Waals surface area contributed by atoms with Crippen LogP contribution in [0.3, 0.4) is 0 Å². The Balaban J connectivity index is 0.000000336. The predicted molar refractivity (Wildman–Crippen MR) is 145 cm³/mol. The van der Waals surface area contributed by atoms with Crippen molar-refractivity contribution in [3.63, 3.8) is 0 Å². The molecule has 1 aromatic heterocycles. The van der Waals surface area contributed by atoms with E-state index in [0.29, 0.717) is 36.7 Å². The minimum absolute atomic E-state index is 0.176. The topological polar surface area (TPSA) is 118 Å². The van der Waals surface area contributed by atoms with Gasteiger partial charge in [0, 0.05) is 23.1 Å². The molecule has 2 heterocycles. The van der Waals surface area contributed by atoms with Crippen LogP contribution < -0.4 is 10.6 Å². The monoisotopic (exact) mass is 519 g/mol. The fourth-order valence-electron chi connectivity index (χ4n) is 4.58. The Hall–Kier alpha value is -4.19. The molecule has 1 aliphatic rings. The number of aromatic nitrogens is 1. The van der Waals surface area contributed by atoms with Gasteiger partial charge in [-0.05, 0) is 61.4 Å². The lowest BCUT2D eigenvalue weighted by Gasteiger charge is -2.27. The molecule has 3 aromatic rings. The molecular formula is C29H34FN5O3. The van der Waals surface area contributed by atoms with Gasteiger partial charge in [-0.15, -0.1) is 0 Å². The largest absolute Gasteiger partial charge is 0.350 e. The summed E-state index contributed by atoms with van der Waals surface area (Å²) in [6.45, 7) is 8.41. The number of carbonyl (C=O) groups excluding carboxylic acids is 3. The summed E-state index contributed by atoms with van der Waals surface area (Å²) < 4.78 is 13.9.